The molecule has 0 aliphatic carbocycles. The topological polar surface area (TPSA) is 192 Å². The molecule has 276 valence electrons. The monoisotopic (exact) mass is 752 g/mol. The van der Waals surface area contributed by atoms with E-state index in [-0.39, 0.29) is 52.0 Å². The number of rotatable bonds is 14. The molecule has 2 unspecified atom stereocenters. The van der Waals surface area contributed by atoms with Crippen molar-refractivity contribution in [2.45, 2.75) is 45.0 Å². The lowest BCUT2D eigenvalue weighted by atomic mass is 10.0. The van der Waals surface area contributed by atoms with Crippen molar-refractivity contribution in [3.63, 3.8) is 0 Å². The maximum Gasteiger partial charge on any atom is 0.355 e. The molecule has 52 heavy (non-hydrogen) atoms. The van der Waals surface area contributed by atoms with Crippen LogP contribution in [0.3, 0.4) is 0 Å². The maximum atomic E-state index is 13.9. The Labute approximate surface area is 308 Å². The Morgan fingerprint density at radius 3 is 2.54 bits per heavy atom. The van der Waals surface area contributed by atoms with Crippen molar-refractivity contribution in [1.29, 1.82) is 0 Å². The highest BCUT2D eigenvalue weighted by Crippen LogP contribution is 2.42. The lowest BCUT2D eigenvalue weighted by Crippen LogP contribution is -2.71. The van der Waals surface area contributed by atoms with Crippen LogP contribution in [-0.2, 0) is 38.3 Å². The van der Waals surface area contributed by atoms with Gasteiger partial charge in [-0.3, -0.25) is 19.3 Å². The highest BCUT2D eigenvalue weighted by atomic mass is 32.2. The van der Waals surface area contributed by atoms with E-state index >= 15 is 0 Å². The summed E-state index contributed by atoms with van der Waals surface area (Å²) in [5.74, 6) is -2.06. The van der Waals surface area contributed by atoms with Crippen LogP contribution in [0.1, 0.15) is 39.3 Å². The molecule has 4 heterocycles. The molecule has 0 spiro atoms. The van der Waals surface area contributed by atoms with Crippen LogP contribution in [0.4, 0.5) is 10.8 Å². The first-order chi connectivity index (χ1) is 25.0. The Hall–Kier alpha value is -5.16. The van der Waals surface area contributed by atoms with Crippen molar-refractivity contribution >= 4 is 69.3 Å². The molecule has 1 aromatic carbocycles. The molecule has 3 aliphatic rings. The van der Waals surface area contributed by atoms with Crippen molar-refractivity contribution in [3.8, 4) is 5.75 Å². The van der Waals surface area contributed by atoms with Gasteiger partial charge in [-0.2, -0.15) is 0 Å². The summed E-state index contributed by atoms with van der Waals surface area (Å²) in [6.07, 6.45) is 4.13. The number of aromatic nitrogens is 1. The summed E-state index contributed by atoms with van der Waals surface area (Å²) in [6.45, 7) is 5.86. The zero-order valence-corrected chi connectivity index (χ0v) is 31.0. The lowest BCUT2D eigenvalue weighted by molar-refractivity contribution is -0.152. The molecule has 15 nitrogen and oxygen atoms in total. The highest BCUT2D eigenvalue weighted by Gasteiger charge is 2.54. The fourth-order valence-corrected chi connectivity index (χ4v) is 7.46. The lowest BCUT2D eigenvalue weighted by Gasteiger charge is -2.49. The van der Waals surface area contributed by atoms with Crippen molar-refractivity contribution in [2.24, 2.45) is 11.1 Å². The third-order valence-corrected chi connectivity index (χ3v) is 10.1. The fourth-order valence-electron chi connectivity index (χ4n) is 5.61. The molecule has 2 saturated heterocycles. The van der Waals surface area contributed by atoms with Crippen LogP contribution in [-0.4, -0.2) is 96.4 Å². The number of carbonyl (C=O) groups excluding carboxylic acids is 5. The molecule has 2 atom stereocenters. The number of amides is 3. The van der Waals surface area contributed by atoms with Crippen molar-refractivity contribution in [2.75, 3.05) is 50.4 Å². The van der Waals surface area contributed by atoms with Crippen LogP contribution in [0, 0.1) is 5.92 Å². The number of anilines is 2. The van der Waals surface area contributed by atoms with Crippen LogP contribution in [0.2, 0.25) is 0 Å². The highest BCUT2D eigenvalue weighted by molar-refractivity contribution is 8.00. The number of allylic oxidation sites excluding steroid dienone is 2. The minimum absolute atomic E-state index is 0.0769. The van der Waals surface area contributed by atoms with Gasteiger partial charge in [0.1, 0.15) is 42.3 Å². The summed E-state index contributed by atoms with van der Waals surface area (Å²) in [4.78, 5) is 79.1. The van der Waals surface area contributed by atoms with Crippen LogP contribution < -0.4 is 20.7 Å². The van der Waals surface area contributed by atoms with Crippen LogP contribution in [0.5, 0.6) is 5.75 Å². The fraction of sp³-hybridized carbons (Fsp3) is 0.400. The molecule has 3 amide bonds. The summed E-state index contributed by atoms with van der Waals surface area (Å²) >= 11 is 2.41. The predicted molar refractivity (Wildman–Crippen MR) is 195 cm³/mol. The van der Waals surface area contributed by atoms with Crippen LogP contribution in [0.15, 0.2) is 69.4 Å². The molecule has 0 radical (unpaired) electrons. The second-order valence-corrected chi connectivity index (χ2v) is 14.2. The molecule has 1 aromatic heterocycles. The number of nitrogens with one attached hydrogen (secondary N) is 1. The number of esters is 2. The minimum Gasteiger partial charge on any atom is -0.497 e. The van der Waals surface area contributed by atoms with Crippen LogP contribution in [0.25, 0.3) is 0 Å². The predicted octanol–water partition coefficient (Wildman–Crippen LogP) is 3.18. The summed E-state index contributed by atoms with van der Waals surface area (Å²) in [5.41, 5.74) is 7.35. The summed E-state index contributed by atoms with van der Waals surface area (Å²) in [7, 11) is 2.83. The summed E-state index contributed by atoms with van der Waals surface area (Å²) in [5, 5.41) is 7.52. The number of nitrogen functional groups attached to an aromatic ring is 1. The number of carbonyl (C=O) groups is 5. The number of benzene rings is 1. The number of hydrogen-bond donors (Lipinski definition) is 2. The normalized spacial score (nSPS) is 19.8. The number of methoxy groups -OCH3 is 1. The van der Waals surface area contributed by atoms with Gasteiger partial charge in [0, 0.05) is 28.9 Å². The number of fused-ring (bicyclic) bond motifs is 1. The quantitative estimate of drug-likeness (QED) is 0.0944. The minimum atomic E-state index is -1.03. The molecular weight excluding hydrogens is 713 g/mol. The number of thioether (sulfide) groups is 1. The number of oxime groups is 1. The van der Waals surface area contributed by atoms with Crippen LogP contribution >= 0.6 is 23.1 Å². The molecule has 17 heteroatoms. The van der Waals surface area contributed by atoms with Gasteiger partial charge in [0.2, 0.25) is 0 Å². The van der Waals surface area contributed by atoms with Crippen molar-refractivity contribution in [1.82, 2.24) is 15.2 Å². The Balaban J connectivity index is 1.42. The number of thiazole rings is 1. The SMILES string of the molecule is CCC=C(COC(=O)C1=C(C=C2CCN(c3ccc(OC)cc3)C2=O)CSC2C(NC(=O)C(=NOC)c3csc(N)n3)C(=O)N12)C(=O)OCC(C)C. The van der Waals surface area contributed by atoms with Gasteiger partial charge < -0.3 is 35.0 Å². The van der Waals surface area contributed by atoms with E-state index < -0.39 is 41.8 Å². The average Bonchev–Trinajstić information content (AvgIpc) is 3.73. The molecule has 2 fully saturated rings. The molecule has 5 rings (SSSR count). The van der Waals surface area contributed by atoms with Gasteiger partial charge in [0.05, 0.1) is 19.3 Å². The molecule has 3 N–H and O–H groups in total. The van der Waals surface area contributed by atoms with Gasteiger partial charge in [-0.15, -0.1) is 23.1 Å². The van der Waals surface area contributed by atoms with Gasteiger partial charge in [-0.25, -0.2) is 14.6 Å². The summed E-state index contributed by atoms with van der Waals surface area (Å²) in [6, 6.07) is 6.07. The van der Waals surface area contributed by atoms with E-state index in [1.54, 1.807) is 48.4 Å². The maximum absolute atomic E-state index is 13.9. The molecular formula is C35H40N6O9S2. The number of nitrogens with zero attached hydrogens (tertiary/aromatic N) is 4. The third kappa shape index (κ3) is 8.31. The van der Waals surface area contributed by atoms with Gasteiger partial charge in [-0.1, -0.05) is 32.0 Å². The first kappa shape index (κ1) is 38.1. The Kier molecular flexibility index (Phi) is 12.4. The van der Waals surface area contributed by atoms with E-state index in [0.29, 0.717) is 42.0 Å². The average molecular weight is 753 g/mol. The molecule has 0 bridgehead atoms. The zero-order chi connectivity index (χ0) is 37.5. The number of nitrogens with two attached hydrogens (primary N) is 1. The third-order valence-electron chi connectivity index (χ3n) is 8.12. The van der Waals surface area contributed by atoms with E-state index in [9.17, 15) is 24.0 Å². The summed E-state index contributed by atoms with van der Waals surface area (Å²) < 4.78 is 16.2. The van der Waals surface area contributed by atoms with Gasteiger partial charge in [0.15, 0.2) is 10.8 Å². The smallest absolute Gasteiger partial charge is 0.355 e. The first-order valence-electron chi connectivity index (χ1n) is 16.5. The van der Waals surface area contributed by atoms with Gasteiger partial charge >= 0.3 is 11.9 Å². The molecule has 3 aliphatic heterocycles. The largest absolute Gasteiger partial charge is 0.497 e. The van der Waals surface area contributed by atoms with Crippen molar-refractivity contribution < 1.29 is 43.0 Å². The van der Waals surface area contributed by atoms with E-state index in [2.05, 4.69) is 15.5 Å². The number of β-lactam (4-membered cyclic amide) rings is 1. The van der Waals surface area contributed by atoms with E-state index in [4.69, 9.17) is 24.8 Å². The number of ether oxygens (including phenoxy) is 3. The Morgan fingerprint density at radius 2 is 1.90 bits per heavy atom. The van der Waals surface area contributed by atoms with Gasteiger partial charge in [0.25, 0.3) is 17.7 Å². The van der Waals surface area contributed by atoms with Crippen molar-refractivity contribution in [3.05, 3.63) is 69.9 Å². The number of hydrogen-bond acceptors (Lipinski definition) is 14. The van der Waals surface area contributed by atoms with E-state index in [1.165, 1.54) is 29.2 Å². The Morgan fingerprint density at radius 1 is 1.15 bits per heavy atom. The standard InChI is InChI=1S/C35H40N6O9S2/c1-6-7-21(33(45)49-15-19(2)3)16-50-34(46)28-22(14-20-12-13-40(30(20)43)23-8-10-24(47-4)11-9-23)17-51-32-27(31(44)41(28)32)38-29(42)26(39-48-5)25-18-52-35(36)37-25/h7-11,14,18-19,27,32H,6,12-13,15-17H2,1-5H3,(H2,36,37)(H,38,42). The second-order valence-electron chi connectivity index (χ2n) is 12.2. The first-order valence-corrected chi connectivity index (χ1v) is 18.4. The molecule has 0 saturated carbocycles. The van der Waals surface area contributed by atoms with E-state index in [1.807, 2.05) is 20.8 Å². The second kappa shape index (κ2) is 16.9. The van der Waals surface area contributed by atoms with E-state index in [0.717, 1.165) is 11.3 Å². The molecule has 2 aromatic rings. The Bertz CT molecular complexity index is 1850. The van der Waals surface area contributed by atoms with Gasteiger partial charge in [-0.05, 0) is 54.7 Å². The zero-order valence-electron chi connectivity index (χ0n) is 29.4.